The molecule has 0 saturated carbocycles. The number of hydrogen-bond donors (Lipinski definition) is 1. The number of nitrogens with zero attached hydrogens (tertiary/aromatic N) is 3. The van der Waals surface area contributed by atoms with Crippen LogP contribution in [0, 0.1) is 0 Å². The molecule has 0 radical (unpaired) electrons. The van der Waals surface area contributed by atoms with Gasteiger partial charge in [-0.05, 0) is 31.3 Å². The summed E-state index contributed by atoms with van der Waals surface area (Å²) in [6.45, 7) is 8.03. The SMILES string of the molecule is CN1CCN(CCC(=O)CNc2ccc3c(c2)Sc2cccc(-c4cc(=O)cc(N5CCOCC5)o4)c2S3)CC1. The van der Waals surface area contributed by atoms with Crippen LogP contribution in [0.1, 0.15) is 6.42 Å². The number of Topliss-reactive ketones (excluding diaryl/α,β-unsaturated/α-hetero) is 1. The van der Waals surface area contributed by atoms with Crippen LogP contribution in [0.5, 0.6) is 0 Å². The van der Waals surface area contributed by atoms with E-state index in [2.05, 4.69) is 45.3 Å². The van der Waals surface area contributed by atoms with Crippen LogP contribution in [0.25, 0.3) is 11.3 Å². The molecule has 3 aliphatic rings. The Hall–Kier alpha value is -2.76. The summed E-state index contributed by atoms with van der Waals surface area (Å²) in [6.07, 6.45) is 0.575. The second kappa shape index (κ2) is 12.4. The normalized spacial score (nSPS) is 17.8. The number of carbonyl (C=O) groups excluding carboxylic acids is 1. The Kier molecular flexibility index (Phi) is 8.50. The van der Waals surface area contributed by atoms with Gasteiger partial charge in [0, 0.05) is 95.2 Å². The maximum atomic E-state index is 12.6. The number of fused-ring (bicyclic) bond motifs is 2. The molecule has 0 amide bonds. The maximum absolute atomic E-state index is 12.6. The molecule has 0 spiro atoms. The first-order valence-electron chi connectivity index (χ1n) is 13.8. The molecule has 1 aromatic heterocycles. The van der Waals surface area contributed by atoms with Crippen molar-refractivity contribution >= 4 is 40.9 Å². The topological polar surface area (TPSA) is 78.3 Å². The van der Waals surface area contributed by atoms with E-state index in [1.807, 2.05) is 18.2 Å². The van der Waals surface area contributed by atoms with E-state index in [0.717, 1.165) is 63.6 Å². The summed E-state index contributed by atoms with van der Waals surface area (Å²) in [7, 11) is 2.14. The monoisotopic (exact) mass is 578 g/mol. The number of nitrogens with one attached hydrogen (secondary N) is 1. The Morgan fingerprint density at radius 1 is 0.925 bits per heavy atom. The van der Waals surface area contributed by atoms with Crippen LogP contribution in [0.3, 0.4) is 0 Å². The molecule has 2 aromatic carbocycles. The summed E-state index contributed by atoms with van der Waals surface area (Å²) in [4.78, 5) is 36.4. The summed E-state index contributed by atoms with van der Waals surface area (Å²) in [5.74, 6) is 1.40. The Labute approximate surface area is 243 Å². The smallest absolute Gasteiger partial charge is 0.200 e. The number of ketones is 1. The van der Waals surface area contributed by atoms with Gasteiger partial charge in [-0.3, -0.25) is 9.59 Å². The summed E-state index contributed by atoms with van der Waals surface area (Å²) in [5, 5.41) is 3.33. The highest BCUT2D eigenvalue weighted by Gasteiger charge is 2.23. The van der Waals surface area contributed by atoms with Gasteiger partial charge in [-0.1, -0.05) is 35.7 Å². The number of anilines is 2. The Morgan fingerprint density at radius 3 is 2.58 bits per heavy atom. The minimum Gasteiger partial charge on any atom is -0.440 e. The molecule has 4 heterocycles. The number of likely N-dealkylation sites (N-methyl/N-ethyl adjacent to an activating group) is 1. The van der Waals surface area contributed by atoms with E-state index in [1.165, 1.54) is 0 Å². The van der Waals surface area contributed by atoms with Crippen LogP contribution < -0.4 is 15.6 Å². The van der Waals surface area contributed by atoms with Gasteiger partial charge in [0.05, 0.1) is 19.8 Å². The molecule has 210 valence electrons. The van der Waals surface area contributed by atoms with E-state index in [4.69, 9.17) is 9.15 Å². The molecular formula is C30H34N4O4S2. The zero-order valence-corrected chi connectivity index (χ0v) is 24.3. The number of morpholine rings is 1. The average Bonchev–Trinajstić information content (AvgIpc) is 2.98. The number of ether oxygens (including phenoxy) is 1. The largest absolute Gasteiger partial charge is 0.440 e. The number of hydrogen-bond acceptors (Lipinski definition) is 10. The van der Waals surface area contributed by atoms with Gasteiger partial charge in [0.2, 0.25) is 0 Å². The number of carbonyl (C=O) groups is 1. The van der Waals surface area contributed by atoms with Gasteiger partial charge in [0.25, 0.3) is 0 Å². The minimum atomic E-state index is -0.0667. The molecule has 3 aliphatic heterocycles. The van der Waals surface area contributed by atoms with Crippen molar-refractivity contribution in [1.82, 2.24) is 9.80 Å². The maximum Gasteiger partial charge on any atom is 0.200 e. The van der Waals surface area contributed by atoms with Crippen LogP contribution in [0.2, 0.25) is 0 Å². The molecular weight excluding hydrogens is 544 g/mol. The van der Waals surface area contributed by atoms with Gasteiger partial charge < -0.3 is 29.2 Å². The molecule has 0 bridgehead atoms. The van der Waals surface area contributed by atoms with E-state index in [-0.39, 0.29) is 11.2 Å². The van der Waals surface area contributed by atoms with Gasteiger partial charge in [0.15, 0.2) is 17.1 Å². The lowest BCUT2D eigenvalue weighted by Crippen LogP contribution is -2.45. The summed E-state index contributed by atoms with van der Waals surface area (Å²) >= 11 is 3.39. The van der Waals surface area contributed by atoms with E-state index in [0.29, 0.717) is 50.9 Å². The zero-order valence-electron chi connectivity index (χ0n) is 22.7. The van der Waals surface area contributed by atoms with Crippen molar-refractivity contribution in [1.29, 1.82) is 0 Å². The van der Waals surface area contributed by atoms with Gasteiger partial charge in [0.1, 0.15) is 5.76 Å². The summed E-state index contributed by atoms with van der Waals surface area (Å²) in [6, 6.07) is 15.5. The molecule has 6 rings (SSSR count). The van der Waals surface area contributed by atoms with Crippen molar-refractivity contribution in [3.63, 3.8) is 0 Å². The molecule has 0 aliphatic carbocycles. The number of rotatable bonds is 8. The van der Waals surface area contributed by atoms with Crippen LogP contribution in [-0.2, 0) is 9.53 Å². The van der Waals surface area contributed by atoms with Crippen molar-refractivity contribution in [3.05, 3.63) is 58.8 Å². The highest BCUT2D eigenvalue weighted by molar-refractivity contribution is 8.05. The van der Waals surface area contributed by atoms with E-state index >= 15 is 0 Å². The minimum absolute atomic E-state index is 0.0667. The lowest BCUT2D eigenvalue weighted by atomic mass is 10.1. The zero-order chi connectivity index (χ0) is 27.5. The molecule has 0 unspecified atom stereocenters. The fourth-order valence-corrected chi connectivity index (χ4v) is 7.49. The molecule has 10 heteroatoms. The molecule has 3 aromatic rings. The second-order valence-electron chi connectivity index (χ2n) is 10.4. The third kappa shape index (κ3) is 6.42. The average molecular weight is 579 g/mol. The van der Waals surface area contributed by atoms with Gasteiger partial charge in [-0.25, -0.2) is 0 Å². The lowest BCUT2D eigenvalue weighted by molar-refractivity contribution is -0.117. The predicted molar refractivity (Wildman–Crippen MR) is 160 cm³/mol. The van der Waals surface area contributed by atoms with Crippen LogP contribution in [-0.4, -0.2) is 88.2 Å². The first-order chi connectivity index (χ1) is 19.5. The van der Waals surface area contributed by atoms with E-state index < -0.39 is 0 Å². The highest BCUT2D eigenvalue weighted by Crippen LogP contribution is 2.52. The van der Waals surface area contributed by atoms with Gasteiger partial charge in [-0.15, -0.1) is 0 Å². The predicted octanol–water partition coefficient (Wildman–Crippen LogP) is 4.38. The second-order valence-corrected chi connectivity index (χ2v) is 12.5. The number of piperazine rings is 1. The van der Waals surface area contributed by atoms with E-state index in [9.17, 15) is 9.59 Å². The third-order valence-corrected chi connectivity index (χ3v) is 10.1. The molecule has 1 N–H and O–H groups in total. The molecule has 40 heavy (non-hydrogen) atoms. The summed E-state index contributed by atoms with van der Waals surface area (Å²) in [5.41, 5.74) is 1.80. The third-order valence-electron chi connectivity index (χ3n) is 7.49. The standard InChI is InChI=1S/C30H34N4O4S2/c1-32-9-11-33(12-10-32)8-7-22(35)20-31-21-5-6-26-28(17-21)39-27-4-2-3-24(30(27)40-26)25-18-23(36)19-29(38-25)34-13-15-37-16-14-34/h2-6,17-19,31H,7-16,20H2,1H3. The summed E-state index contributed by atoms with van der Waals surface area (Å²) < 4.78 is 11.7. The van der Waals surface area contributed by atoms with Gasteiger partial charge in [-0.2, -0.15) is 0 Å². The highest BCUT2D eigenvalue weighted by atomic mass is 32.2. The van der Waals surface area contributed by atoms with Crippen molar-refractivity contribution in [2.45, 2.75) is 26.0 Å². The van der Waals surface area contributed by atoms with Crippen LogP contribution in [0.4, 0.5) is 11.6 Å². The van der Waals surface area contributed by atoms with E-state index in [1.54, 1.807) is 35.7 Å². The van der Waals surface area contributed by atoms with Crippen LogP contribution in [0.15, 0.2) is 77.3 Å². The fourth-order valence-electron chi connectivity index (χ4n) is 5.09. The van der Waals surface area contributed by atoms with Crippen molar-refractivity contribution < 1.29 is 13.9 Å². The first-order valence-corrected chi connectivity index (χ1v) is 15.4. The van der Waals surface area contributed by atoms with Crippen molar-refractivity contribution in [2.75, 3.05) is 82.8 Å². The van der Waals surface area contributed by atoms with Crippen LogP contribution >= 0.6 is 23.5 Å². The van der Waals surface area contributed by atoms with Gasteiger partial charge >= 0.3 is 0 Å². The molecule has 0 atom stereocenters. The fraction of sp³-hybridized carbons (Fsp3) is 0.400. The molecule has 2 saturated heterocycles. The Bertz CT molecular complexity index is 1430. The Morgan fingerprint density at radius 2 is 1.75 bits per heavy atom. The van der Waals surface area contributed by atoms with Crippen molar-refractivity contribution in [2.24, 2.45) is 0 Å². The lowest BCUT2D eigenvalue weighted by Gasteiger charge is -2.32. The van der Waals surface area contributed by atoms with Crippen molar-refractivity contribution in [3.8, 4) is 11.3 Å². The number of benzene rings is 2. The first kappa shape index (κ1) is 27.4. The molecule has 8 nitrogen and oxygen atoms in total. The molecule has 2 fully saturated rings. The quantitative estimate of drug-likeness (QED) is 0.326. The Balaban J connectivity index is 1.12.